The predicted octanol–water partition coefficient (Wildman–Crippen LogP) is 4.33. The largest absolute Gasteiger partial charge is 0.465 e. The van der Waals surface area contributed by atoms with E-state index in [1.54, 1.807) is 21.6 Å². The van der Waals surface area contributed by atoms with Gasteiger partial charge in [0, 0.05) is 11.5 Å². The summed E-state index contributed by atoms with van der Waals surface area (Å²) >= 11 is 0. The van der Waals surface area contributed by atoms with Crippen LogP contribution in [0.25, 0.3) is 0 Å². The number of rotatable bonds is 13. The first-order valence-corrected chi connectivity index (χ1v) is 10.7. The van der Waals surface area contributed by atoms with Crippen LogP contribution in [0.1, 0.15) is 53.4 Å². The fraction of sp³-hybridized carbons (Fsp3) is 0.875. The smallest absolute Gasteiger partial charge is 0.309 e. The predicted molar refractivity (Wildman–Crippen MR) is 95.0 cm³/mol. The Morgan fingerprint density at radius 2 is 1.14 bits per heavy atom. The standard InChI is InChI=1S/C16H30O4S2/c1-5-9-19-15(17)13(7-3)11-21-22-12-14(8-4)16(18)20-10-6-2/h13-14H,5-12H2,1-4H3. The second-order valence-electron chi connectivity index (χ2n) is 5.11. The van der Waals surface area contributed by atoms with E-state index in [9.17, 15) is 9.59 Å². The molecule has 0 rings (SSSR count). The summed E-state index contributed by atoms with van der Waals surface area (Å²) < 4.78 is 10.4. The first-order chi connectivity index (χ1) is 10.6. The fourth-order valence-corrected chi connectivity index (χ4v) is 4.43. The summed E-state index contributed by atoms with van der Waals surface area (Å²) in [4.78, 5) is 23.6. The van der Waals surface area contributed by atoms with E-state index in [-0.39, 0.29) is 23.8 Å². The summed E-state index contributed by atoms with van der Waals surface area (Å²) in [5.74, 6) is 1.12. The molecule has 2 atom stereocenters. The van der Waals surface area contributed by atoms with Crippen molar-refractivity contribution in [1.82, 2.24) is 0 Å². The van der Waals surface area contributed by atoms with E-state index in [0.717, 1.165) is 37.2 Å². The van der Waals surface area contributed by atoms with E-state index < -0.39 is 0 Å². The summed E-state index contributed by atoms with van der Waals surface area (Å²) in [6.07, 6.45) is 3.27. The van der Waals surface area contributed by atoms with Crippen LogP contribution in [0.15, 0.2) is 0 Å². The highest BCUT2D eigenvalue weighted by molar-refractivity contribution is 8.76. The van der Waals surface area contributed by atoms with E-state index in [4.69, 9.17) is 9.47 Å². The molecular weight excluding hydrogens is 320 g/mol. The van der Waals surface area contributed by atoms with Gasteiger partial charge in [-0.1, -0.05) is 49.3 Å². The minimum absolute atomic E-state index is 0.0591. The minimum Gasteiger partial charge on any atom is -0.465 e. The Kier molecular flexibility index (Phi) is 14.0. The summed E-state index contributed by atoms with van der Waals surface area (Å²) in [6, 6.07) is 0. The van der Waals surface area contributed by atoms with Gasteiger partial charge in [-0.2, -0.15) is 0 Å². The summed E-state index contributed by atoms with van der Waals surface area (Å²) in [6.45, 7) is 8.96. The van der Waals surface area contributed by atoms with Crippen LogP contribution in [0.2, 0.25) is 0 Å². The van der Waals surface area contributed by atoms with Gasteiger partial charge in [-0.05, 0) is 25.7 Å². The van der Waals surface area contributed by atoms with Crippen LogP contribution < -0.4 is 0 Å². The van der Waals surface area contributed by atoms with Gasteiger partial charge in [0.15, 0.2) is 0 Å². The highest BCUT2D eigenvalue weighted by Gasteiger charge is 2.20. The van der Waals surface area contributed by atoms with E-state index in [1.165, 1.54) is 0 Å². The molecule has 0 aliphatic rings. The van der Waals surface area contributed by atoms with Crippen molar-refractivity contribution < 1.29 is 19.1 Å². The van der Waals surface area contributed by atoms with E-state index >= 15 is 0 Å². The zero-order chi connectivity index (χ0) is 16.8. The minimum atomic E-state index is -0.105. The number of carbonyl (C=O) groups is 2. The molecule has 0 fully saturated rings. The van der Waals surface area contributed by atoms with Crippen molar-refractivity contribution in [2.45, 2.75) is 53.4 Å². The first-order valence-electron chi connectivity index (χ1n) is 8.18. The highest BCUT2D eigenvalue weighted by Crippen LogP contribution is 2.29. The molecule has 0 amide bonds. The summed E-state index contributed by atoms with van der Waals surface area (Å²) in [5, 5.41) is 0. The topological polar surface area (TPSA) is 52.6 Å². The molecule has 0 aromatic carbocycles. The Morgan fingerprint density at radius 3 is 1.41 bits per heavy atom. The third-order valence-corrected chi connectivity index (χ3v) is 5.73. The van der Waals surface area contributed by atoms with Crippen molar-refractivity contribution in [2.75, 3.05) is 24.7 Å². The van der Waals surface area contributed by atoms with Gasteiger partial charge in [-0.15, -0.1) is 0 Å². The molecule has 0 radical (unpaired) electrons. The van der Waals surface area contributed by atoms with Crippen LogP contribution in [-0.2, 0) is 19.1 Å². The Balaban J connectivity index is 4.00. The van der Waals surface area contributed by atoms with Gasteiger partial charge in [0.2, 0.25) is 0 Å². The van der Waals surface area contributed by atoms with Crippen molar-refractivity contribution >= 4 is 33.5 Å². The molecular formula is C16H30O4S2. The molecule has 4 nitrogen and oxygen atoms in total. The van der Waals surface area contributed by atoms with Crippen molar-refractivity contribution in [3.05, 3.63) is 0 Å². The normalized spacial score (nSPS) is 13.5. The lowest BCUT2D eigenvalue weighted by Crippen LogP contribution is -2.20. The molecule has 0 aliphatic heterocycles. The van der Waals surface area contributed by atoms with Gasteiger partial charge >= 0.3 is 11.9 Å². The number of ether oxygens (including phenoxy) is 2. The number of hydrogen-bond acceptors (Lipinski definition) is 6. The lowest BCUT2D eigenvalue weighted by molar-refractivity contribution is -0.148. The lowest BCUT2D eigenvalue weighted by Gasteiger charge is -2.15. The molecule has 0 spiro atoms. The second kappa shape index (κ2) is 14.2. The molecule has 0 N–H and O–H groups in total. The Morgan fingerprint density at radius 1 is 0.773 bits per heavy atom. The van der Waals surface area contributed by atoms with Crippen LogP contribution >= 0.6 is 21.6 Å². The van der Waals surface area contributed by atoms with Gasteiger partial charge in [0.05, 0.1) is 25.0 Å². The summed E-state index contributed by atoms with van der Waals surface area (Å²) in [5.41, 5.74) is 0. The molecule has 0 aliphatic carbocycles. The maximum absolute atomic E-state index is 11.8. The van der Waals surface area contributed by atoms with Crippen LogP contribution in [-0.4, -0.2) is 36.7 Å². The molecule has 0 aromatic heterocycles. The molecule has 0 heterocycles. The van der Waals surface area contributed by atoms with Gasteiger partial charge in [0.1, 0.15) is 0 Å². The van der Waals surface area contributed by atoms with Crippen LogP contribution in [0.3, 0.4) is 0 Å². The maximum Gasteiger partial charge on any atom is 0.309 e. The van der Waals surface area contributed by atoms with Crippen molar-refractivity contribution in [1.29, 1.82) is 0 Å². The zero-order valence-corrected chi connectivity index (χ0v) is 15.9. The Bertz CT molecular complexity index is 281. The molecule has 0 saturated heterocycles. The van der Waals surface area contributed by atoms with E-state index in [1.807, 2.05) is 27.7 Å². The fourth-order valence-electron chi connectivity index (χ4n) is 1.61. The average Bonchev–Trinajstić information content (AvgIpc) is 2.53. The molecule has 130 valence electrons. The SMILES string of the molecule is CCCOC(=O)C(CC)CSSCC(CC)C(=O)OCCC. The van der Waals surface area contributed by atoms with Gasteiger partial charge in [0.25, 0.3) is 0 Å². The maximum atomic E-state index is 11.8. The zero-order valence-electron chi connectivity index (χ0n) is 14.3. The van der Waals surface area contributed by atoms with Gasteiger partial charge in [-0.3, -0.25) is 9.59 Å². The number of hydrogen-bond donors (Lipinski definition) is 0. The molecule has 22 heavy (non-hydrogen) atoms. The monoisotopic (exact) mass is 350 g/mol. The van der Waals surface area contributed by atoms with Gasteiger partial charge < -0.3 is 9.47 Å². The van der Waals surface area contributed by atoms with Gasteiger partial charge in [-0.25, -0.2) is 0 Å². The molecule has 0 aromatic rings. The van der Waals surface area contributed by atoms with E-state index in [2.05, 4.69) is 0 Å². The van der Waals surface area contributed by atoms with Crippen molar-refractivity contribution in [3.63, 3.8) is 0 Å². The lowest BCUT2D eigenvalue weighted by atomic mass is 10.1. The van der Waals surface area contributed by atoms with Crippen LogP contribution in [0.5, 0.6) is 0 Å². The molecule has 0 saturated carbocycles. The number of esters is 2. The molecule has 6 heteroatoms. The van der Waals surface area contributed by atoms with Crippen molar-refractivity contribution in [3.8, 4) is 0 Å². The third kappa shape index (κ3) is 9.62. The molecule has 0 bridgehead atoms. The van der Waals surface area contributed by atoms with Crippen molar-refractivity contribution in [2.24, 2.45) is 11.8 Å². The average molecular weight is 351 g/mol. The quantitative estimate of drug-likeness (QED) is 0.280. The molecule has 2 unspecified atom stereocenters. The second-order valence-corrected chi connectivity index (χ2v) is 7.67. The Labute approximate surface area is 142 Å². The first kappa shape index (κ1) is 21.6. The van der Waals surface area contributed by atoms with E-state index in [0.29, 0.717) is 13.2 Å². The number of carbonyl (C=O) groups excluding carboxylic acids is 2. The van der Waals surface area contributed by atoms with Crippen LogP contribution in [0, 0.1) is 11.8 Å². The Hall–Kier alpha value is -0.360. The third-order valence-electron chi connectivity index (χ3n) is 3.17. The summed E-state index contributed by atoms with van der Waals surface area (Å²) in [7, 11) is 3.28. The van der Waals surface area contributed by atoms with Crippen LogP contribution in [0.4, 0.5) is 0 Å². The highest BCUT2D eigenvalue weighted by atomic mass is 33.1.